The largest absolute Gasteiger partial charge is 0.416 e. The van der Waals surface area contributed by atoms with E-state index >= 15 is 0 Å². The van der Waals surface area contributed by atoms with Crippen molar-refractivity contribution in [3.63, 3.8) is 0 Å². The van der Waals surface area contributed by atoms with Gasteiger partial charge in [-0.05, 0) is 17.7 Å². The highest BCUT2D eigenvalue weighted by Gasteiger charge is 2.41. The van der Waals surface area contributed by atoms with E-state index in [1.54, 1.807) is 0 Å². The number of benzene rings is 1. The number of sulfonamides is 4. The zero-order valence-corrected chi connectivity index (χ0v) is 19.3. The molecule has 0 heterocycles. The third-order valence-electron chi connectivity index (χ3n) is 3.59. The lowest BCUT2D eigenvalue weighted by Crippen LogP contribution is -2.46. The molecule has 0 saturated carbocycles. The topological polar surface area (TPSA) is 143 Å². The summed E-state index contributed by atoms with van der Waals surface area (Å²) in [5.74, 6) is 0. The van der Waals surface area contributed by atoms with E-state index in [4.69, 9.17) is 0 Å². The maximum atomic E-state index is 12.8. The molecule has 0 radical (unpaired) electrons. The van der Waals surface area contributed by atoms with Gasteiger partial charge < -0.3 is 0 Å². The van der Waals surface area contributed by atoms with E-state index in [1.807, 2.05) is 0 Å². The van der Waals surface area contributed by atoms with Crippen molar-refractivity contribution in [1.29, 1.82) is 0 Å². The quantitative estimate of drug-likeness (QED) is 0.476. The maximum absolute atomic E-state index is 12.8. The molecule has 1 atom stereocenters. The molecule has 0 aliphatic rings. The van der Waals surface area contributed by atoms with Gasteiger partial charge in [-0.3, -0.25) is 0 Å². The van der Waals surface area contributed by atoms with Crippen molar-refractivity contribution in [2.24, 2.45) is 0 Å². The first-order valence-electron chi connectivity index (χ1n) is 7.61. The summed E-state index contributed by atoms with van der Waals surface area (Å²) in [6, 6.07) is 0.521. The molecule has 174 valence electrons. The number of halogens is 3. The molecule has 17 heteroatoms. The van der Waals surface area contributed by atoms with Crippen LogP contribution in [0.4, 0.5) is 13.2 Å². The molecular weight excluding hydrogens is 497 g/mol. The van der Waals surface area contributed by atoms with Gasteiger partial charge in [0.25, 0.3) is 0 Å². The Morgan fingerprint density at radius 3 is 1.37 bits per heavy atom. The lowest BCUT2D eigenvalue weighted by molar-refractivity contribution is -0.137. The summed E-state index contributed by atoms with van der Waals surface area (Å²) in [4.78, 5) is 0. The van der Waals surface area contributed by atoms with Crippen molar-refractivity contribution in [2.45, 2.75) is 12.2 Å². The Bertz CT molecular complexity index is 1140. The highest BCUT2D eigenvalue weighted by atomic mass is 32.3. The van der Waals surface area contributed by atoms with Crippen molar-refractivity contribution in [2.75, 3.05) is 31.6 Å². The Hall–Kier alpha value is -1.27. The predicted octanol–water partition coefficient (Wildman–Crippen LogP) is 0.189. The summed E-state index contributed by atoms with van der Waals surface area (Å²) in [5, 5.41) is 0. The first-order valence-corrected chi connectivity index (χ1v) is 15.0. The van der Waals surface area contributed by atoms with Gasteiger partial charge in [-0.15, -0.1) is 0 Å². The molecule has 0 fully saturated rings. The van der Waals surface area contributed by atoms with E-state index in [9.17, 15) is 46.8 Å². The fourth-order valence-corrected chi connectivity index (χ4v) is 8.61. The van der Waals surface area contributed by atoms with Crippen molar-refractivity contribution in [3.05, 3.63) is 35.4 Å². The van der Waals surface area contributed by atoms with E-state index in [1.165, 1.54) is 0 Å². The number of hydrogen-bond acceptors (Lipinski definition) is 8. The molecule has 0 amide bonds. The smallest absolute Gasteiger partial charge is 0.212 e. The van der Waals surface area contributed by atoms with Gasteiger partial charge in [-0.25, -0.2) is 33.7 Å². The number of hydrogen-bond donors (Lipinski definition) is 0. The highest BCUT2D eigenvalue weighted by molar-refractivity contribution is 8.04. The van der Waals surface area contributed by atoms with Gasteiger partial charge in [0.15, 0.2) is 0 Å². The molecule has 0 spiro atoms. The van der Waals surface area contributed by atoms with Crippen LogP contribution in [0.5, 0.6) is 0 Å². The van der Waals surface area contributed by atoms with Crippen LogP contribution in [-0.4, -0.2) is 72.7 Å². The second-order valence-corrected chi connectivity index (χ2v) is 14.4. The lowest BCUT2D eigenvalue weighted by Gasteiger charge is -2.31. The van der Waals surface area contributed by atoms with Gasteiger partial charge in [-0.2, -0.15) is 13.2 Å². The Morgan fingerprint density at radius 2 is 1.10 bits per heavy atom. The predicted molar refractivity (Wildman–Crippen MR) is 102 cm³/mol. The molecule has 1 aromatic carbocycles. The summed E-state index contributed by atoms with van der Waals surface area (Å²) in [6.45, 7) is -1.22. The minimum Gasteiger partial charge on any atom is -0.212 e. The van der Waals surface area contributed by atoms with Gasteiger partial charge in [0.05, 0.1) is 43.2 Å². The molecule has 0 saturated heterocycles. The molecule has 0 aliphatic heterocycles. The normalized spacial score (nSPS) is 15.5. The first-order chi connectivity index (χ1) is 13.1. The molecule has 0 aromatic heterocycles. The molecule has 1 rings (SSSR count). The molecule has 0 unspecified atom stereocenters. The molecule has 0 N–H and O–H groups in total. The first kappa shape index (κ1) is 26.8. The monoisotopic (exact) mass is 516 g/mol. The van der Waals surface area contributed by atoms with Crippen molar-refractivity contribution in [1.82, 2.24) is 7.42 Å². The van der Waals surface area contributed by atoms with Gasteiger partial charge in [0.2, 0.25) is 40.1 Å². The number of alkyl halides is 3. The lowest BCUT2D eigenvalue weighted by atomic mass is 10.1. The van der Waals surface area contributed by atoms with Gasteiger partial charge in [-0.1, -0.05) is 19.6 Å². The van der Waals surface area contributed by atoms with E-state index in [2.05, 4.69) is 0 Å². The van der Waals surface area contributed by atoms with E-state index in [0.29, 0.717) is 37.2 Å². The Kier molecular flexibility index (Phi) is 7.44. The van der Waals surface area contributed by atoms with Crippen LogP contribution in [0.2, 0.25) is 0 Å². The van der Waals surface area contributed by atoms with Crippen molar-refractivity contribution < 1.29 is 46.8 Å². The van der Waals surface area contributed by atoms with Crippen LogP contribution in [0, 0.1) is 0 Å². The van der Waals surface area contributed by atoms with Gasteiger partial charge in [0.1, 0.15) is 0 Å². The van der Waals surface area contributed by atoms with Crippen molar-refractivity contribution >= 4 is 40.1 Å². The van der Waals surface area contributed by atoms with Crippen LogP contribution in [0.1, 0.15) is 17.2 Å². The Labute approximate surface area is 173 Å². The average molecular weight is 517 g/mol. The number of nitrogens with zero attached hydrogens (tertiary/aromatic N) is 2. The van der Waals surface area contributed by atoms with Crippen LogP contribution in [-0.2, 0) is 46.3 Å². The van der Waals surface area contributed by atoms with Crippen LogP contribution in [0.15, 0.2) is 24.3 Å². The van der Waals surface area contributed by atoms with Gasteiger partial charge >= 0.3 is 6.18 Å². The standard InChI is InChI=1S/C13H19F3N2O8S4/c1-27(19,20)17(28(2,21)22)9-12(18(29(3,23)24)30(4,25)26)10-5-7-11(8-6-10)13(14,15)16/h5-8,12H,9H2,1-4H3/t12-/m1/s1. The molecular formula is C13H19F3N2O8S4. The Balaban J connectivity index is 3.81. The average Bonchev–Trinajstić information content (AvgIpc) is 2.45. The number of rotatable bonds is 8. The van der Waals surface area contributed by atoms with E-state index in [-0.39, 0.29) is 13.0 Å². The zero-order chi connectivity index (χ0) is 23.9. The summed E-state index contributed by atoms with van der Waals surface area (Å²) in [5.41, 5.74) is -1.52. The third-order valence-corrected chi connectivity index (χ3v) is 10.4. The van der Waals surface area contributed by atoms with Crippen molar-refractivity contribution in [3.8, 4) is 0 Å². The van der Waals surface area contributed by atoms with Gasteiger partial charge in [0, 0.05) is 0 Å². The zero-order valence-electron chi connectivity index (χ0n) is 16.0. The minimum absolute atomic E-state index is 0.133. The molecule has 1 aromatic rings. The Morgan fingerprint density at radius 1 is 0.733 bits per heavy atom. The molecule has 0 aliphatic carbocycles. The van der Waals surface area contributed by atoms with Crippen LogP contribution in [0.25, 0.3) is 0 Å². The molecule has 10 nitrogen and oxygen atoms in total. The van der Waals surface area contributed by atoms with E-state index in [0.717, 1.165) is 12.1 Å². The molecule has 30 heavy (non-hydrogen) atoms. The fraction of sp³-hybridized carbons (Fsp3) is 0.538. The summed E-state index contributed by atoms with van der Waals surface area (Å²) < 4.78 is 134. The van der Waals surface area contributed by atoms with Crippen LogP contribution < -0.4 is 0 Å². The summed E-state index contributed by atoms with van der Waals surface area (Å²) in [6.07, 6.45) is -2.84. The minimum atomic E-state index is -4.76. The fourth-order valence-electron chi connectivity index (χ4n) is 2.55. The SMILES string of the molecule is CS(=O)(=O)N(C[C@H](c1ccc(C(F)(F)F)cc1)N(S(C)(=O)=O)S(C)(=O)=O)S(C)(=O)=O. The van der Waals surface area contributed by atoms with Crippen LogP contribution in [0.3, 0.4) is 0 Å². The highest BCUT2D eigenvalue weighted by Crippen LogP contribution is 2.33. The maximum Gasteiger partial charge on any atom is 0.416 e. The van der Waals surface area contributed by atoms with E-state index < -0.39 is 64.4 Å². The second-order valence-electron chi connectivity index (χ2n) is 6.37. The van der Waals surface area contributed by atoms with Crippen LogP contribution >= 0.6 is 0 Å². The second kappa shape index (κ2) is 8.34. The summed E-state index contributed by atoms with van der Waals surface area (Å²) in [7, 11) is -18.3. The third kappa shape index (κ3) is 6.88. The molecule has 0 bridgehead atoms. The summed E-state index contributed by atoms with van der Waals surface area (Å²) >= 11 is 0.